The molecule has 3 heterocycles. The lowest BCUT2D eigenvalue weighted by Crippen LogP contribution is -2.59. The van der Waals surface area contributed by atoms with Crippen molar-refractivity contribution in [1.82, 2.24) is 14.1 Å². The third kappa shape index (κ3) is 1.57. The normalized spacial score (nSPS) is 23.3. The summed E-state index contributed by atoms with van der Waals surface area (Å²) < 4.78 is 10.2. The first-order valence-electron chi connectivity index (χ1n) is 4.91. The standard InChI is InChI=1S/C9H12IN3OS/c1-7-2-11-13-5-9(6-14-8(7)13)3-12(4-9)15-10/h2H,3-6H2,1H3. The van der Waals surface area contributed by atoms with E-state index in [1.807, 2.05) is 17.8 Å². The van der Waals surface area contributed by atoms with Gasteiger partial charge in [-0.2, -0.15) is 5.10 Å². The molecule has 82 valence electrons. The summed E-state index contributed by atoms with van der Waals surface area (Å²) in [5.74, 6) is 0.959. The molecule has 6 heteroatoms. The molecule has 0 unspecified atom stereocenters. The summed E-state index contributed by atoms with van der Waals surface area (Å²) in [6, 6.07) is 0. The molecule has 2 aliphatic rings. The van der Waals surface area contributed by atoms with Gasteiger partial charge in [0.2, 0.25) is 5.88 Å². The van der Waals surface area contributed by atoms with E-state index in [1.165, 1.54) is 0 Å². The monoisotopic (exact) mass is 337 g/mol. The Labute approximate surface area is 105 Å². The largest absolute Gasteiger partial charge is 0.477 e. The van der Waals surface area contributed by atoms with E-state index in [4.69, 9.17) is 4.74 Å². The molecule has 0 radical (unpaired) electrons. The lowest BCUT2D eigenvalue weighted by Gasteiger charge is -2.49. The molecule has 2 aliphatic heterocycles. The number of hydrogen-bond donors (Lipinski definition) is 0. The molecule has 0 N–H and O–H groups in total. The van der Waals surface area contributed by atoms with Crippen molar-refractivity contribution in [3.05, 3.63) is 11.8 Å². The highest BCUT2D eigenvalue weighted by Gasteiger charge is 2.47. The number of halogens is 1. The number of ether oxygens (including phenoxy) is 1. The van der Waals surface area contributed by atoms with Crippen LogP contribution < -0.4 is 4.74 Å². The van der Waals surface area contributed by atoms with E-state index in [0.29, 0.717) is 5.41 Å². The maximum absolute atomic E-state index is 5.81. The number of fused-ring (bicyclic) bond motifs is 1. The molecular formula is C9H12IN3OS. The van der Waals surface area contributed by atoms with E-state index in [0.717, 1.165) is 37.7 Å². The fourth-order valence-corrected chi connectivity index (χ4v) is 3.78. The van der Waals surface area contributed by atoms with E-state index < -0.39 is 0 Å². The van der Waals surface area contributed by atoms with Crippen molar-refractivity contribution in [2.75, 3.05) is 19.7 Å². The second kappa shape index (κ2) is 3.53. The quantitative estimate of drug-likeness (QED) is 0.578. The predicted molar refractivity (Wildman–Crippen MR) is 68.1 cm³/mol. The van der Waals surface area contributed by atoms with Gasteiger partial charge in [0.15, 0.2) is 0 Å². The Hall–Kier alpha value is 0.0500. The van der Waals surface area contributed by atoms with Gasteiger partial charge in [0, 0.05) is 39.9 Å². The molecule has 15 heavy (non-hydrogen) atoms. The average molecular weight is 337 g/mol. The van der Waals surface area contributed by atoms with Crippen LogP contribution in [0.25, 0.3) is 0 Å². The first-order chi connectivity index (χ1) is 7.22. The summed E-state index contributed by atoms with van der Waals surface area (Å²) in [5.41, 5.74) is 1.45. The molecule has 0 atom stereocenters. The van der Waals surface area contributed by atoms with Gasteiger partial charge in [-0.1, -0.05) is 0 Å². The highest BCUT2D eigenvalue weighted by Crippen LogP contribution is 2.42. The van der Waals surface area contributed by atoms with Gasteiger partial charge in [0.1, 0.15) is 0 Å². The van der Waals surface area contributed by atoms with Gasteiger partial charge in [-0.15, -0.1) is 0 Å². The zero-order valence-corrected chi connectivity index (χ0v) is 11.4. The molecular weight excluding hydrogens is 325 g/mol. The van der Waals surface area contributed by atoms with Crippen LogP contribution in [0.15, 0.2) is 6.20 Å². The fraction of sp³-hybridized carbons (Fsp3) is 0.667. The van der Waals surface area contributed by atoms with Crippen molar-refractivity contribution >= 4 is 30.3 Å². The molecule has 1 aromatic heterocycles. The Kier molecular flexibility index (Phi) is 2.40. The molecule has 1 aromatic rings. The predicted octanol–water partition coefficient (Wildman–Crippen LogP) is 1.88. The third-order valence-electron chi connectivity index (χ3n) is 3.08. The Balaban J connectivity index is 1.79. The topological polar surface area (TPSA) is 30.3 Å². The number of aryl methyl sites for hydroxylation is 1. The van der Waals surface area contributed by atoms with Crippen molar-refractivity contribution in [2.45, 2.75) is 13.5 Å². The second-order valence-electron chi connectivity index (χ2n) is 4.45. The van der Waals surface area contributed by atoms with Crippen LogP contribution in [0.3, 0.4) is 0 Å². The molecule has 0 amide bonds. The molecule has 3 rings (SSSR count). The molecule has 4 nitrogen and oxygen atoms in total. The van der Waals surface area contributed by atoms with Crippen LogP contribution in [0.2, 0.25) is 0 Å². The van der Waals surface area contributed by atoms with Gasteiger partial charge in [-0.3, -0.25) is 0 Å². The lowest BCUT2D eigenvalue weighted by molar-refractivity contribution is -0.0207. The van der Waals surface area contributed by atoms with E-state index in [-0.39, 0.29) is 0 Å². The van der Waals surface area contributed by atoms with Crippen molar-refractivity contribution in [3.8, 4) is 5.88 Å². The summed E-state index contributed by atoms with van der Waals surface area (Å²) in [6.45, 7) is 6.11. The van der Waals surface area contributed by atoms with E-state index in [1.54, 1.807) is 9.12 Å². The molecule has 0 saturated carbocycles. The van der Waals surface area contributed by atoms with Gasteiger partial charge in [-0.05, 0) is 16.0 Å². The van der Waals surface area contributed by atoms with Gasteiger partial charge in [0.05, 0.1) is 24.8 Å². The lowest BCUT2D eigenvalue weighted by atomic mass is 9.82. The Morgan fingerprint density at radius 2 is 2.33 bits per heavy atom. The fourth-order valence-electron chi connectivity index (χ4n) is 2.30. The Morgan fingerprint density at radius 1 is 1.53 bits per heavy atom. The number of nitrogens with zero attached hydrogens (tertiary/aromatic N) is 3. The van der Waals surface area contributed by atoms with Crippen LogP contribution in [0.4, 0.5) is 0 Å². The molecule has 1 spiro atoms. The zero-order chi connectivity index (χ0) is 10.5. The first-order valence-corrected chi connectivity index (χ1v) is 8.23. The number of rotatable bonds is 1. The SMILES string of the molecule is Cc1cnn2c1OCC1(CN(SI)C1)C2. The maximum atomic E-state index is 5.81. The van der Waals surface area contributed by atoms with Crippen molar-refractivity contribution in [1.29, 1.82) is 0 Å². The van der Waals surface area contributed by atoms with Crippen molar-refractivity contribution in [2.24, 2.45) is 5.41 Å². The average Bonchev–Trinajstić information content (AvgIpc) is 2.56. The highest BCUT2D eigenvalue weighted by atomic mass is 127. The summed E-state index contributed by atoms with van der Waals surface area (Å²) in [5, 5.41) is 4.35. The highest BCUT2D eigenvalue weighted by molar-refractivity contribution is 14.2. The van der Waals surface area contributed by atoms with Crippen LogP contribution in [0.1, 0.15) is 5.56 Å². The van der Waals surface area contributed by atoms with Crippen molar-refractivity contribution < 1.29 is 4.74 Å². The van der Waals surface area contributed by atoms with Crippen LogP contribution >= 0.6 is 30.3 Å². The minimum atomic E-state index is 0.309. The number of hydrogen-bond acceptors (Lipinski definition) is 4. The summed E-state index contributed by atoms with van der Waals surface area (Å²) in [7, 11) is 1.78. The van der Waals surface area contributed by atoms with E-state index in [2.05, 4.69) is 30.6 Å². The molecule has 1 saturated heterocycles. The van der Waals surface area contributed by atoms with Crippen LogP contribution in [-0.2, 0) is 6.54 Å². The minimum Gasteiger partial charge on any atom is -0.477 e. The van der Waals surface area contributed by atoms with Crippen LogP contribution in [0, 0.1) is 12.3 Å². The first kappa shape index (κ1) is 10.2. The molecule has 0 aliphatic carbocycles. The zero-order valence-electron chi connectivity index (χ0n) is 8.44. The van der Waals surface area contributed by atoms with Crippen LogP contribution in [-0.4, -0.2) is 33.8 Å². The summed E-state index contributed by atoms with van der Waals surface area (Å²) in [4.78, 5) is 0. The summed E-state index contributed by atoms with van der Waals surface area (Å²) in [6.07, 6.45) is 1.89. The third-order valence-corrected chi connectivity index (χ3v) is 5.21. The summed E-state index contributed by atoms with van der Waals surface area (Å²) >= 11 is 2.33. The second-order valence-corrected chi connectivity index (χ2v) is 6.28. The smallest absolute Gasteiger partial charge is 0.214 e. The maximum Gasteiger partial charge on any atom is 0.214 e. The number of aromatic nitrogens is 2. The van der Waals surface area contributed by atoms with Crippen molar-refractivity contribution in [3.63, 3.8) is 0 Å². The van der Waals surface area contributed by atoms with Gasteiger partial charge in [0.25, 0.3) is 0 Å². The van der Waals surface area contributed by atoms with Crippen LogP contribution in [0.5, 0.6) is 5.88 Å². The van der Waals surface area contributed by atoms with Gasteiger partial charge < -0.3 is 4.74 Å². The van der Waals surface area contributed by atoms with E-state index >= 15 is 0 Å². The molecule has 1 fully saturated rings. The Bertz CT molecular complexity index is 389. The van der Waals surface area contributed by atoms with Gasteiger partial charge in [-0.25, -0.2) is 8.99 Å². The molecule has 0 bridgehead atoms. The van der Waals surface area contributed by atoms with Gasteiger partial charge >= 0.3 is 0 Å². The minimum absolute atomic E-state index is 0.309. The Morgan fingerprint density at radius 3 is 3.07 bits per heavy atom. The van der Waals surface area contributed by atoms with E-state index in [9.17, 15) is 0 Å². The molecule has 0 aromatic carbocycles.